The fraction of sp³-hybridized carbons (Fsp3) is 0.391. The standard InChI is InChI=1S/C23H27BrN2O2/c1-17(7-8-18-5-3-2-4-6-18)25-22(27)19-13-15-26(16-14-19)23(28)20-9-11-21(24)12-10-20/h2-6,9-12,17,19H,7-8,13-16H2,1H3,(H,25,27). The molecule has 28 heavy (non-hydrogen) atoms. The second kappa shape index (κ2) is 9.87. The van der Waals surface area contributed by atoms with Crippen LogP contribution in [0.5, 0.6) is 0 Å². The number of halogens is 1. The van der Waals surface area contributed by atoms with Crippen molar-refractivity contribution < 1.29 is 9.59 Å². The highest BCUT2D eigenvalue weighted by Gasteiger charge is 2.28. The first-order chi connectivity index (χ1) is 13.5. The number of aryl methyl sites for hydroxylation is 1. The SMILES string of the molecule is CC(CCc1ccccc1)NC(=O)C1CCN(C(=O)c2ccc(Br)cc2)CC1. The van der Waals surface area contributed by atoms with Gasteiger partial charge in [-0.15, -0.1) is 0 Å². The largest absolute Gasteiger partial charge is 0.353 e. The topological polar surface area (TPSA) is 49.4 Å². The summed E-state index contributed by atoms with van der Waals surface area (Å²) in [5.41, 5.74) is 1.99. The van der Waals surface area contributed by atoms with Gasteiger partial charge in [-0.1, -0.05) is 46.3 Å². The van der Waals surface area contributed by atoms with Crippen molar-refractivity contribution in [3.63, 3.8) is 0 Å². The van der Waals surface area contributed by atoms with Gasteiger partial charge in [0.1, 0.15) is 0 Å². The van der Waals surface area contributed by atoms with Crippen molar-refractivity contribution in [1.29, 1.82) is 0 Å². The molecule has 2 aromatic rings. The van der Waals surface area contributed by atoms with Crippen LogP contribution in [0, 0.1) is 5.92 Å². The van der Waals surface area contributed by atoms with Gasteiger partial charge in [0.05, 0.1) is 0 Å². The first kappa shape index (κ1) is 20.6. The third-order valence-electron chi connectivity index (χ3n) is 5.34. The van der Waals surface area contributed by atoms with Crippen LogP contribution in [0.2, 0.25) is 0 Å². The number of nitrogens with zero attached hydrogens (tertiary/aromatic N) is 1. The summed E-state index contributed by atoms with van der Waals surface area (Å²) in [6.45, 7) is 3.32. The van der Waals surface area contributed by atoms with E-state index in [9.17, 15) is 9.59 Å². The molecule has 148 valence electrons. The van der Waals surface area contributed by atoms with E-state index >= 15 is 0 Å². The van der Waals surface area contributed by atoms with Crippen LogP contribution in [0.15, 0.2) is 59.1 Å². The van der Waals surface area contributed by atoms with Gasteiger partial charge in [0.25, 0.3) is 5.91 Å². The molecule has 1 aliphatic rings. The van der Waals surface area contributed by atoms with Gasteiger partial charge in [0, 0.05) is 35.1 Å². The third kappa shape index (κ3) is 5.68. The summed E-state index contributed by atoms with van der Waals surface area (Å²) in [6.07, 6.45) is 3.33. The van der Waals surface area contributed by atoms with Crippen LogP contribution in [0.1, 0.15) is 42.1 Å². The minimum atomic E-state index is -0.00635. The Hall–Kier alpha value is -2.14. The van der Waals surface area contributed by atoms with Crippen LogP contribution in [0.4, 0.5) is 0 Å². The molecule has 1 N–H and O–H groups in total. The molecule has 0 bridgehead atoms. The number of hydrogen-bond donors (Lipinski definition) is 1. The normalized spacial score (nSPS) is 15.9. The van der Waals surface area contributed by atoms with Crippen LogP contribution in [0.3, 0.4) is 0 Å². The number of amides is 2. The van der Waals surface area contributed by atoms with Crippen LogP contribution < -0.4 is 5.32 Å². The molecular weight excluding hydrogens is 416 g/mol. The van der Waals surface area contributed by atoms with Crippen molar-refractivity contribution in [2.75, 3.05) is 13.1 Å². The zero-order valence-electron chi connectivity index (χ0n) is 16.2. The lowest BCUT2D eigenvalue weighted by atomic mass is 9.94. The maximum atomic E-state index is 12.6. The summed E-state index contributed by atoms with van der Waals surface area (Å²) < 4.78 is 0.959. The number of hydrogen-bond acceptors (Lipinski definition) is 2. The Labute approximate surface area is 175 Å². The molecule has 1 unspecified atom stereocenters. The zero-order chi connectivity index (χ0) is 19.9. The summed E-state index contributed by atoms with van der Waals surface area (Å²) in [6, 6.07) is 17.9. The Balaban J connectivity index is 1.43. The van der Waals surface area contributed by atoms with Crippen molar-refractivity contribution in [2.24, 2.45) is 5.92 Å². The maximum absolute atomic E-state index is 12.6. The highest BCUT2D eigenvalue weighted by Crippen LogP contribution is 2.20. The Kier molecular flexibility index (Phi) is 7.26. The number of carbonyl (C=O) groups excluding carboxylic acids is 2. The fourth-order valence-corrected chi connectivity index (χ4v) is 3.84. The first-order valence-corrected chi connectivity index (χ1v) is 10.7. The van der Waals surface area contributed by atoms with E-state index in [1.54, 1.807) is 0 Å². The predicted molar refractivity (Wildman–Crippen MR) is 115 cm³/mol. The highest BCUT2D eigenvalue weighted by molar-refractivity contribution is 9.10. The number of benzene rings is 2. The lowest BCUT2D eigenvalue weighted by molar-refractivity contribution is -0.126. The van der Waals surface area contributed by atoms with Crippen molar-refractivity contribution in [1.82, 2.24) is 10.2 Å². The molecule has 0 aliphatic carbocycles. The molecule has 4 nitrogen and oxygen atoms in total. The van der Waals surface area contributed by atoms with Gasteiger partial charge in [0.2, 0.25) is 5.91 Å². The molecule has 1 aliphatic heterocycles. The fourth-order valence-electron chi connectivity index (χ4n) is 3.58. The molecule has 1 fully saturated rings. The highest BCUT2D eigenvalue weighted by atomic mass is 79.9. The molecule has 0 aromatic heterocycles. The number of likely N-dealkylation sites (tertiary alicyclic amines) is 1. The van der Waals surface area contributed by atoms with Crippen LogP contribution in [0.25, 0.3) is 0 Å². The van der Waals surface area contributed by atoms with Gasteiger partial charge < -0.3 is 10.2 Å². The van der Waals surface area contributed by atoms with E-state index in [1.165, 1.54) is 5.56 Å². The number of piperidine rings is 1. The van der Waals surface area contributed by atoms with Gasteiger partial charge in [-0.3, -0.25) is 9.59 Å². The second-order valence-electron chi connectivity index (χ2n) is 7.51. The van der Waals surface area contributed by atoms with Crippen molar-refractivity contribution in [3.05, 3.63) is 70.2 Å². The van der Waals surface area contributed by atoms with E-state index < -0.39 is 0 Å². The second-order valence-corrected chi connectivity index (χ2v) is 8.42. The minimum Gasteiger partial charge on any atom is -0.353 e. The van der Waals surface area contributed by atoms with Crippen molar-refractivity contribution >= 4 is 27.7 Å². The van der Waals surface area contributed by atoms with Crippen molar-refractivity contribution in [3.8, 4) is 0 Å². The van der Waals surface area contributed by atoms with E-state index in [2.05, 4.69) is 40.3 Å². The van der Waals surface area contributed by atoms with Gasteiger partial charge in [-0.2, -0.15) is 0 Å². The number of rotatable bonds is 6. The van der Waals surface area contributed by atoms with Gasteiger partial charge in [-0.05, 0) is 62.4 Å². The molecule has 1 saturated heterocycles. The van der Waals surface area contributed by atoms with E-state index in [4.69, 9.17) is 0 Å². The van der Waals surface area contributed by atoms with Crippen LogP contribution in [-0.2, 0) is 11.2 Å². The Morgan fingerprint density at radius 1 is 1.07 bits per heavy atom. The lowest BCUT2D eigenvalue weighted by Gasteiger charge is -2.32. The van der Waals surface area contributed by atoms with Gasteiger partial charge in [-0.25, -0.2) is 0 Å². The van der Waals surface area contributed by atoms with E-state index in [0.29, 0.717) is 18.7 Å². The average Bonchev–Trinajstić information content (AvgIpc) is 2.73. The minimum absolute atomic E-state index is 0.00635. The van der Waals surface area contributed by atoms with E-state index in [1.807, 2.05) is 47.4 Å². The van der Waals surface area contributed by atoms with Crippen LogP contribution >= 0.6 is 15.9 Å². The van der Waals surface area contributed by atoms with Gasteiger partial charge >= 0.3 is 0 Å². The monoisotopic (exact) mass is 442 g/mol. The first-order valence-electron chi connectivity index (χ1n) is 9.92. The predicted octanol–water partition coefficient (Wildman–Crippen LogP) is 4.44. The zero-order valence-corrected chi connectivity index (χ0v) is 17.8. The third-order valence-corrected chi connectivity index (χ3v) is 5.87. The molecule has 0 spiro atoms. The summed E-state index contributed by atoms with van der Waals surface area (Å²) in [7, 11) is 0. The molecule has 5 heteroatoms. The van der Waals surface area contributed by atoms with Gasteiger partial charge in [0.15, 0.2) is 0 Å². The summed E-state index contributed by atoms with van der Waals surface area (Å²) in [5, 5.41) is 3.15. The number of carbonyl (C=O) groups is 2. The quantitative estimate of drug-likeness (QED) is 0.718. The molecule has 0 radical (unpaired) electrons. The smallest absolute Gasteiger partial charge is 0.253 e. The maximum Gasteiger partial charge on any atom is 0.253 e. The summed E-state index contributed by atoms with van der Waals surface area (Å²) >= 11 is 3.39. The molecular formula is C23H27BrN2O2. The molecule has 0 saturated carbocycles. The Morgan fingerprint density at radius 3 is 2.36 bits per heavy atom. The lowest BCUT2D eigenvalue weighted by Crippen LogP contribution is -2.44. The molecule has 1 atom stereocenters. The summed E-state index contributed by atoms with van der Waals surface area (Å²) in [4.78, 5) is 27.0. The molecule has 2 aromatic carbocycles. The van der Waals surface area contributed by atoms with Crippen molar-refractivity contribution in [2.45, 2.75) is 38.6 Å². The van der Waals surface area contributed by atoms with E-state index in [-0.39, 0.29) is 23.8 Å². The molecule has 2 amide bonds. The van der Waals surface area contributed by atoms with E-state index in [0.717, 1.165) is 30.2 Å². The Bertz CT molecular complexity index is 784. The molecule has 3 rings (SSSR count). The Morgan fingerprint density at radius 2 is 1.71 bits per heavy atom. The van der Waals surface area contributed by atoms with Crippen LogP contribution in [-0.4, -0.2) is 35.8 Å². The molecule has 1 heterocycles. The average molecular weight is 443 g/mol. The summed E-state index contributed by atoms with van der Waals surface area (Å²) in [5.74, 6) is 0.159. The number of nitrogens with one attached hydrogen (secondary N) is 1.